The van der Waals surface area contributed by atoms with Gasteiger partial charge in [0, 0.05) is 32.0 Å². The van der Waals surface area contributed by atoms with Crippen LogP contribution in [0.4, 0.5) is 13.2 Å². The number of halogens is 3. The molecule has 148 valence electrons. The molecule has 2 atom stereocenters. The Labute approximate surface area is 154 Å². The number of nitrogens with zero attached hydrogens (tertiary/aromatic N) is 2. The highest BCUT2D eigenvalue weighted by atomic mass is 19.4. The third kappa shape index (κ3) is 6.71. The Morgan fingerprint density at radius 1 is 1.38 bits per heavy atom. The molecule has 4 nitrogen and oxygen atoms in total. The van der Waals surface area contributed by atoms with Crippen molar-refractivity contribution in [3.05, 3.63) is 48.4 Å². The molecular weight excluding hydrogens is 345 g/mol. The maximum Gasteiger partial charge on any atom is 0.418 e. The Morgan fingerprint density at radius 3 is 2.38 bits per heavy atom. The molecule has 0 heterocycles. The van der Waals surface area contributed by atoms with Crippen LogP contribution < -0.4 is 0 Å². The Kier molecular flexibility index (Phi) is 9.41. The number of allylic oxidation sites excluding steroid dienone is 2. The number of hydrogen-bond acceptors (Lipinski definition) is 3. The lowest BCUT2D eigenvalue weighted by molar-refractivity contribution is -0.271. The van der Waals surface area contributed by atoms with E-state index in [1.807, 2.05) is 18.9 Å². The van der Waals surface area contributed by atoms with E-state index in [1.54, 1.807) is 13.3 Å². The fourth-order valence-corrected chi connectivity index (χ4v) is 2.08. The summed E-state index contributed by atoms with van der Waals surface area (Å²) in [5, 5.41) is 10.2. The second kappa shape index (κ2) is 10.2. The van der Waals surface area contributed by atoms with Crippen LogP contribution in [0.3, 0.4) is 0 Å². The number of aliphatic hydroxyl groups is 1. The van der Waals surface area contributed by atoms with Crippen LogP contribution in [-0.2, 0) is 4.74 Å². The number of rotatable bonds is 10. The van der Waals surface area contributed by atoms with Gasteiger partial charge in [-0.2, -0.15) is 13.2 Å². The largest absolute Gasteiger partial charge is 0.497 e. The average molecular weight is 374 g/mol. The van der Waals surface area contributed by atoms with Crippen LogP contribution in [0.5, 0.6) is 0 Å². The molecule has 0 aliphatic carbocycles. The number of ether oxygens (including phenoxy) is 1. The first-order valence-corrected chi connectivity index (χ1v) is 8.20. The molecule has 1 N–H and O–H groups in total. The van der Waals surface area contributed by atoms with Crippen LogP contribution in [0.1, 0.15) is 27.2 Å². The zero-order valence-electron chi connectivity index (χ0n) is 16.1. The first-order chi connectivity index (χ1) is 11.9. The molecule has 2 unspecified atom stereocenters. The molecule has 0 rings (SSSR count). The summed E-state index contributed by atoms with van der Waals surface area (Å²) in [4.78, 5) is 6.10. The van der Waals surface area contributed by atoms with Gasteiger partial charge in [-0.3, -0.25) is 0 Å². The van der Waals surface area contributed by atoms with Crippen molar-refractivity contribution in [2.24, 2.45) is 10.9 Å². The number of aliphatic imine (C=N–C) groups is 1. The van der Waals surface area contributed by atoms with Crippen molar-refractivity contribution in [1.29, 1.82) is 0 Å². The summed E-state index contributed by atoms with van der Waals surface area (Å²) in [5.41, 5.74) is -2.04. The van der Waals surface area contributed by atoms with Crippen LogP contribution in [-0.4, -0.2) is 48.8 Å². The maximum atomic E-state index is 13.3. The predicted molar refractivity (Wildman–Crippen MR) is 99.8 cm³/mol. The first-order valence-electron chi connectivity index (χ1n) is 8.20. The highest BCUT2D eigenvalue weighted by Crippen LogP contribution is 2.40. The quantitative estimate of drug-likeness (QED) is 0.202. The molecule has 0 aliphatic rings. The molecule has 0 saturated heterocycles. The van der Waals surface area contributed by atoms with Gasteiger partial charge >= 0.3 is 6.18 Å². The minimum atomic E-state index is -4.79. The summed E-state index contributed by atoms with van der Waals surface area (Å²) in [6, 6.07) is 0. The lowest BCUT2D eigenvalue weighted by Crippen LogP contribution is -2.49. The minimum Gasteiger partial charge on any atom is -0.497 e. The van der Waals surface area contributed by atoms with Crippen molar-refractivity contribution in [2.45, 2.75) is 39.0 Å². The molecule has 0 amide bonds. The maximum absolute atomic E-state index is 13.3. The third-order valence-electron chi connectivity index (χ3n) is 4.06. The van der Waals surface area contributed by atoms with Crippen molar-refractivity contribution in [1.82, 2.24) is 4.90 Å². The molecule has 0 saturated carbocycles. The van der Waals surface area contributed by atoms with Crippen molar-refractivity contribution in [3.8, 4) is 0 Å². The van der Waals surface area contributed by atoms with Gasteiger partial charge < -0.3 is 14.7 Å². The van der Waals surface area contributed by atoms with E-state index in [-0.39, 0.29) is 0 Å². The van der Waals surface area contributed by atoms with Gasteiger partial charge in [0.1, 0.15) is 5.76 Å². The monoisotopic (exact) mass is 374 g/mol. The number of alkyl halides is 3. The van der Waals surface area contributed by atoms with E-state index in [2.05, 4.69) is 18.2 Å². The summed E-state index contributed by atoms with van der Waals surface area (Å²) < 4.78 is 45.0. The average Bonchev–Trinajstić information content (AvgIpc) is 2.56. The Balaban J connectivity index is 5.90. The van der Waals surface area contributed by atoms with Gasteiger partial charge in [-0.05, 0) is 19.4 Å². The fourth-order valence-electron chi connectivity index (χ4n) is 2.08. The van der Waals surface area contributed by atoms with E-state index in [1.165, 1.54) is 26.2 Å². The molecule has 0 aromatic rings. The molecule has 26 heavy (non-hydrogen) atoms. The minimum absolute atomic E-state index is 0.314. The topological polar surface area (TPSA) is 45.1 Å². The van der Waals surface area contributed by atoms with Crippen LogP contribution in [0.25, 0.3) is 0 Å². The van der Waals surface area contributed by atoms with E-state index in [0.717, 1.165) is 6.08 Å². The van der Waals surface area contributed by atoms with Gasteiger partial charge in [0.2, 0.25) is 0 Å². The lowest BCUT2D eigenvalue weighted by atomic mass is 9.83. The van der Waals surface area contributed by atoms with Gasteiger partial charge in [-0.1, -0.05) is 25.7 Å². The van der Waals surface area contributed by atoms with Gasteiger partial charge in [-0.15, -0.1) is 6.58 Å². The zero-order valence-corrected chi connectivity index (χ0v) is 16.1. The Bertz CT molecular complexity index is 580. The standard InChI is InChI=1S/C19H29F3N2O2/c1-8-10-18(25,19(20,21)22)15(4)11-14(3)17(12-16(5)26-7)23-13-24(6)9-2/h8,11-13,15,25H,1,5,9-10H2,2-4,6-7H3/b14-11-,17-12+,23-13+. The molecule has 0 aromatic heterocycles. The Hall–Kier alpha value is -2.02. The summed E-state index contributed by atoms with van der Waals surface area (Å²) in [6.07, 6.45) is 0.103. The molecular formula is C19H29F3N2O2. The first kappa shape index (κ1) is 24.0. The normalized spacial score (nSPS) is 17.0. The number of methoxy groups -OCH3 is 1. The van der Waals surface area contributed by atoms with Crippen LogP contribution >= 0.6 is 0 Å². The Morgan fingerprint density at radius 2 is 1.96 bits per heavy atom. The molecule has 0 spiro atoms. The fraction of sp³-hybridized carbons (Fsp3) is 0.526. The van der Waals surface area contributed by atoms with Crippen molar-refractivity contribution in [2.75, 3.05) is 20.7 Å². The van der Waals surface area contributed by atoms with Crippen LogP contribution in [0, 0.1) is 5.92 Å². The second-order valence-electron chi connectivity index (χ2n) is 6.07. The van der Waals surface area contributed by atoms with Gasteiger partial charge in [0.15, 0.2) is 5.60 Å². The third-order valence-corrected chi connectivity index (χ3v) is 4.06. The van der Waals surface area contributed by atoms with Crippen molar-refractivity contribution in [3.63, 3.8) is 0 Å². The van der Waals surface area contributed by atoms with E-state index >= 15 is 0 Å². The smallest absolute Gasteiger partial charge is 0.418 e. The lowest BCUT2D eigenvalue weighted by Gasteiger charge is -2.34. The summed E-state index contributed by atoms with van der Waals surface area (Å²) >= 11 is 0. The summed E-state index contributed by atoms with van der Waals surface area (Å²) in [6.45, 7) is 12.6. The predicted octanol–water partition coefficient (Wildman–Crippen LogP) is 4.46. The highest BCUT2D eigenvalue weighted by Gasteiger charge is 2.55. The van der Waals surface area contributed by atoms with E-state index in [9.17, 15) is 18.3 Å². The molecule has 0 fully saturated rings. The zero-order chi connectivity index (χ0) is 20.5. The van der Waals surface area contributed by atoms with Crippen molar-refractivity contribution < 1.29 is 23.0 Å². The summed E-state index contributed by atoms with van der Waals surface area (Å²) in [5.74, 6) is -0.896. The molecule has 7 heteroatoms. The molecule has 0 aromatic carbocycles. The van der Waals surface area contributed by atoms with Gasteiger partial charge in [0.25, 0.3) is 0 Å². The molecule has 0 radical (unpaired) electrons. The van der Waals surface area contributed by atoms with E-state index in [4.69, 9.17) is 4.74 Å². The van der Waals surface area contributed by atoms with Gasteiger partial charge in [-0.25, -0.2) is 4.99 Å². The van der Waals surface area contributed by atoms with E-state index in [0.29, 0.717) is 23.6 Å². The van der Waals surface area contributed by atoms with Crippen molar-refractivity contribution >= 4 is 6.34 Å². The molecule has 0 bridgehead atoms. The van der Waals surface area contributed by atoms with E-state index < -0.39 is 24.1 Å². The van der Waals surface area contributed by atoms with Gasteiger partial charge in [0.05, 0.1) is 19.1 Å². The van der Waals surface area contributed by atoms with Crippen LogP contribution in [0.2, 0.25) is 0 Å². The van der Waals surface area contributed by atoms with Crippen LogP contribution in [0.15, 0.2) is 53.4 Å². The molecule has 0 aliphatic heterocycles. The summed E-state index contributed by atoms with van der Waals surface area (Å²) in [7, 11) is 3.26. The second-order valence-corrected chi connectivity index (χ2v) is 6.07. The number of hydrogen-bond donors (Lipinski definition) is 1. The highest BCUT2D eigenvalue weighted by molar-refractivity contribution is 5.58. The SMILES string of the molecule is C=CCC(O)(C(C)\C=C(C)/C(=C\C(=C)OC)/N=C/N(C)CC)C(F)(F)F.